The first-order chi connectivity index (χ1) is 10.4. The Kier molecular flexibility index (Phi) is 5.15. The Morgan fingerprint density at radius 2 is 2.05 bits per heavy atom. The highest BCUT2D eigenvalue weighted by Crippen LogP contribution is 2.26. The van der Waals surface area contributed by atoms with Crippen molar-refractivity contribution >= 4 is 22.9 Å². The number of halogens is 3. The number of nitrogens with zero attached hydrogens (tertiary/aromatic N) is 1. The largest absolute Gasteiger partial charge is 0.393 e. The molecule has 118 valence electrons. The van der Waals surface area contributed by atoms with Crippen LogP contribution in [0.1, 0.15) is 21.1 Å². The van der Waals surface area contributed by atoms with E-state index in [1.165, 1.54) is 29.5 Å². The molecule has 1 amide bonds. The number of benzene rings is 1. The van der Waals surface area contributed by atoms with Gasteiger partial charge in [-0.1, -0.05) is 18.2 Å². The number of alkyl halides is 3. The Balaban J connectivity index is 2.14. The van der Waals surface area contributed by atoms with E-state index in [9.17, 15) is 18.0 Å². The summed E-state index contributed by atoms with van der Waals surface area (Å²) in [5.41, 5.74) is 5.74. The molecule has 8 heteroatoms. The van der Waals surface area contributed by atoms with Crippen molar-refractivity contribution in [3.63, 3.8) is 0 Å². The summed E-state index contributed by atoms with van der Waals surface area (Å²) >= 11 is 1.30. The fourth-order valence-electron chi connectivity index (χ4n) is 1.85. The molecule has 1 aromatic carbocycles. The van der Waals surface area contributed by atoms with Crippen LogP contribution in [0.25, 0.3) is 0 Å². The molecule has 22 heavy (non-hydrogen) atoms. The highest BCUT2D eigenvalue weighted by molar-refractivity contribution is 7.09. The van der Waals surface area contributed by atoms with Gasteiger partial charge in [0.2, 0.25) is 0 Å². The van der Waals surface area contributed by atoms with Crippen LogP contribution in [0, 0.1) is 0 Å². The number of para-hydroxylation sites is 1. The van der Waals surface area contributed by atoms with Crippen LogP contribution >= 0.6 is 11.3 Å². The van der Waals surface area contributed by atoms with Crippen LogP contribution in [0.5, 0.6) is 0 Å². The third kappa shape index (κ3) is 4.54. The van der Waals surface area contributed by atoms with Gasteiger partial charge in [0, 0.05) is 17.5 Å². The summed E-state index contributed by atoms with van der Waals surface area (Å²) in [5.74, 6) is -0.533. The molecular formula is C14H14F3N3OS. The number of nitrogens with one attached hydrogen (secondary N) is 1. The van der Waals surface area contributed by atoms with Gasteiger partial charge in [-0.05, 0) is 18.2 Å². The Bertz CT molecular complexity index is 655. The van der Waals surface area contributed by atoms with Crippen molar-refractivity contribution in [3.05, 3.63) is 45.9 Å². The van der Waals surface area contributed by atoms with E-state index in [0.717, 1.165) is 5.01 Å². The van der Waals surface area contributed by atoms with Gasteiger partial charge in [-0.25, -0.2) is 4.98 Å². The summed E-state index contributed by atoms with van der Waals surface area (Å²) in [6.45, 7) is 0.420. The Hall–Kier alpha value is -1.93. The predicted octanol–water partition coefficient (Wildman–Crippen LogP) is 3.00. The standard InChI is InChI=1S/C14H14F3N3OS/c15-14(16,17)7-9-3-1-2-4-10(9)20-13(21)11-8-22-12(19-11)5-6-18/h1-4,8H,5-7,18H2,(H,20,21). The Morgan fingerprint density at radius 1 is 1.32 bits per heavy atom. The maximum absolute atomic E-state index is 12.5. The number of carbonyl (C=O) groups is 1. The number of aromatic nitrogens is 1. The van der Waals surface area contributed by atoms with Gasteiger partial charge in [-0.2, -0.15) is 13.2 Å². The maximum Gasteiger partial charge on any atom is 0.393 e. The second kappa shape index (κ2) is 6.89. The van der Waals surface area contributed by atoms with Gasteiger partial charge >= 0.3 is 6.18 Å². The van der Waals surface area contributed by atoms with Gasteiger partial charge in [-0.15, -0.1) is 11.3 Å². The summed E-state index contributed by atoms with van der Waals surface area (Å²) < 4.78 is 37.6. The van der Waals surface area contributed by atoms with E-state index in [0.29, 0.717) is 13.0 Å². The number of carbonyl (C=O) groups excluding carboxylic acids is 1. The molecule has 0 aliphatic heterocycles. The van der Waals surface area contributed by atoms with Crippen LogP contribution in [-0.2, 0) is 12.8 Å². The topological polar surface area (TPSA) is 68.0 Å². The SMILES string of the molecule is NCCc1nc(C(=O)Nc2ccccc2CC(F)(F)F)cs1. The normalized spacial score (nSPS) is 11.5. The zero-order valence-electron chi connectivity index (χ0n) is 11.5. The fourth-order valence-corrected chi connectivity index (χ4v) is 2.65. The van der Waals surface area contributed by atoms with Crippen molar-refractivity contribution in [3.8, 4) is 0 Å². The lowest BCUT2D eigenvalue weighted by Crippen LogP contribution is -2.17. The molecule has 0 aliphatic rings. The first-order valence-corrected chi connectivity index (χ1v) is 7.37. The lowest BCUT2D eigenvalue weighted by Gasteiger charge is -2.12. The lowest BCUT2D eigenvalue weighted by atomic mass is 10.1. The monoisotopic (exact) mass is 329 g/mol. The molecule has 0 unspecified atom stereocenters. The molecule has 0 bridgehead atoms. The summed E-state index contributed by atoms with van der Waals surface area (Å²) in [4.78, 5) is 16.2. The average Bonchev–Trinajstić information content (AvgIpc) is 2.88. The second-order valence-corrected chi connectivity index (χ2v) is 5.51. The van der Waals surface area contributed by atoms with E-state index >= 15 is 0 Å². The average molecular weight is 329 g/mol. The van der Waals surface area contributed by atoms with E-state index in [1.807, 2.05) is 0 Å². The van der Waals surface area contributed by atoms with Crippen molar-refractivity contribution in [2.75, 3.05) is 11.9 Å². The quantitative estimate of drug-likeness (QED) is 0.886. The minimum absolute atomic E-state index is 0.0146. The highest BCUT2D eigenvalue weighted by Gasteiger charge is 2.29. The van der Waals surface area contributed by atoms with E-state index in [-0.39, 0.29) is 16.9 Å². The van der Waals surface area contributed by atoms with Crippen LogP contribution in [-0.4, -0.2) is 23.6 Å². The smallest absolute Gasteiger partial charge is 0.330 e. The molecule has 3 N–H and O–H groups in total. The van der Waals surface area contributed by atoms with E-state index < -0.39 is 18.5 Å². The number of nitrogens with two attached hydrogens (primary N) is 1. The first kappa shape index (κ1) is 16.4. The van der Waals surface area contributed by atoms with Gasteiger partial charge in [0.25, 0.3) is 5.91 Å². The highest BCUT2D eigenvalue weighted by atomic mass is 32.1. The number of thiazole rings is 1. The number of anilines is 1. The molecule has 0 saturated heterocycles. The minimum Gasteiger partial charge on any atom is -0.330 e. The van der Waals surface area contributed by atoms with Gasteiger partial charge in [-0.3, -0.25) is 4.79 Å². The molecule has 0 fully saturated rings. The van der Waals surface area contributed by atoms with Crippen molar-refractivity contribution < 1.29 is 18.0 Å². The molecule has 1 aromatic heterocycles. The molecule has 2 aromatic rings. The van der Waals surface area contributed by atoms with Crippen molar-refractivity contribution in [1.29, 1.82) is 0 Å². The first-order valence-electron chi connectivity index (χ1n) is 6.49. The molecule has 0 spiro atoms. The summed E-state index contributed by atoms with van der Waals surface area (Å²) in [5, 5.41) is 4.76. The number of hydrogen-bond acceptors (Lipinski definition) is 4. The third-order valence-corrected chi connectivity index (χ3v) is 3.71. The predicted molar refractivity (Wildman–Crippen MR) is 79.0 cm³/mol. The van der Waals surface area contributed by atoms with Crippen molar-refractivity contribution in [2.45, 2.75) is 19.0 Å². The van der Waals surface area contributed by atoms with Gasteiger partial charge < -0.3 is 11.1 Å². The van der Waals surface area contributed by atoms with Crippen molar-refractivity contribution in [1.82, 2.24) is 4.98 Å². The van der Waals surface area contributed by atoms with Gasteiger partial charge in [0.1, 0.15) is 5.69 Å². The molecule has 1 heterocycles. The Labute approximate surface area is 129 Å². The summed E-state index contributed by atoms with van der Waals surface area (Å²) in [7, 11) is 0. The number of amides is 1. The van der Waals surface area contributed by atoms with Crippen LogP contribution in [0.3, 0.4) is 0 Å². The molecule has 0 saturated carbocycles. The zero-order valence-corrected chi connectivity index (χ0v) is 12.3. The number of hydrogen-bond donors (Lipinski definition) is 2. The van der Waals surface area contributed by atoms with Gasteiger partial charge in [0.05, 0.1) is 11.4 Å². The molecular weight excluding hydrogens is 315 g/mol. The van der Waals surface area contributed by atoms with E-state index in [4.69, 9.17) is 5.73 Å². The minimum atomic E-state index is -4.34. The lowest BCUT2D eigenvalue weighted by molar-refractivity contribution is -0.127. The molecule has 0 radical (unpaired) electrons. The number of rotatable bonds is 5. The van der Waals surface area contributed by atoms with E-state index in [1.54, 1.807) is 11.4 Å². The van der Waals surface area contributed by atoms with E-state index in [2.05, 4.69) is 10.3 Å². The Morgan fingerprint density at radius 3 is 2.73 bits per heavy atom. The zero-order chi connectivity index (χ0) is 16.2. The summed E-state index contributed by atoms with van der Waals surface area (Å²) in [6.07, 6.45) is -4.88. The fraction of sp³-hybridized carbons (Fsp3) is 0.286. The van der Waals surface area contributed by atoms with Crippen LogP contribution in [0.4, 0.5) is 18.9 Å². The summed E-state index contributed by atoms with van der Waals surface area (Å²) in [6, 6.07) is 5.84. The maximum atomic E-state index is 12.5. The van der Waals surface area contributed by atoms with Crippen LogP contribution < -0.4 is 11.1 Å². The van der Waals surface area contributed by atoms with Crippen LogP contribution in [0.2, 0.25) is 0 Å². The molecule has 2 rings (SSSR count). The molecule has 4 nitrogen and oxygen atoms in total. The van der Waals surface area contributed by atoms with Gasteiger partial charge in [0.15, 0.2) is 0 Å². The third-order valence-electron chi connectivity index (χ3n) is 2.80. The molecule has 0 atom stereocenters. The second-order valence-electron chi connectivity index (χ2n) is 4.57. The van der Waals surface area contributed by atoms with Crippen molar-refractivity contribution in [2.24, 2.45) is 5.73 Å². The molecule has 0 aliphatic carbocycles. The van der Waals surface area contributed by atoms with Crippen LogP contribution in [0.15, 0.2) is 29.6 Å².